The number of hydrogen-bond donors (Lipinski definition) is 2. The summed E-state index contributed by atoms with van der Waals surface area (Å²) in [4.78, 5) is 37.4. The Bertz CT molecular complexity index is 409. The highest BCUT2D eigenvalue weighted by Gasteiger charge is 2.33. The van der Waals surface area contributed by atoms with Gasteiger partial charge in [-0.1, -0.05) is 0 Å². The minimum Gasteiger partial charge on any atom is -0.480 e. The van der Waals surface area contributed by atoms with E-state index < -0.39 is 11.5 Å². The van der Waals surface area contributed by atoms with Gasteiger partial charge in [-0.15, -0.1) is 0 Å². The van der Waals surface area contributed by atoms with E-state index >= 15 is 0 Å². The topological polar surface area (TPSA) is 104 Å². The highest BCUT2D eigenvalue weighted by molar-refractivity contribution is 5.81. The van der Waals surface area contributed by atoms with Crippen LogP contribution >= 0.6 is 0 Å². The molecule has 1 saturated heterocycles. The fraction of sp³-hybridized carbons (Fsp3) is 0.786. The summed E-state index contributed by atoms with van der Waals surface area (Å²) < 4.78 is 0. The van der Waals surface area contributed by atoms with Gasteiger partial charge >= 0.3 is 12.0 Å². The number of hydrogen-bond acceptors (Lipinski definition) is 3. The largest absolute Gasteiger partial charge is 0.480 e. The lowest BCUT2D eigenvalue weighted by Crippen LogP contribution is -2.55. The second-order valence-corrected chi connectivity index (χ2v) is 6.53. The smallest absolute Gasteiger partial charge is 0.323 e. The fourth-order valence-corrected chi connectivity index (χ4v) is 2.51. The molecule has 0 aromatic heterocycles. The molecule has 7 heteroatoms. The zero-order chi connectivity index (χ0) is 16.2. The van der Waals surface area contributed by atoms with Crippen molar-refractivity contribution < 1.29 is 19.5 Å². The van der Waals surface area contributed by atoms with Crippen LogP contribution in [0.1, 0.15) is 40.0 Å². The lowest BCUT2D eigenvalue weighted by atomic mass is 9.93. The first-order valence-electron chi connectivity index (χ1n) is 7.18. The summed E-state index contributed by atoms with van der Waals surface area (Å²) in [5.74, 6) is -1.13. The number of carboxylic acid groups (broad SMARTS) is 1. The molecule has 1 heterocycles. The quantitative estimate of drug-likeness (QED) is 0.804. The van der Waals surface area contributed by atoms with E-state index in [-0.39, 0.29) is 24.4 Å². The van der Waals surface area contributed by atoms with Crippen LogP contribution in [0.25, 0.3) is 0 Å². The van der Waals surface area contributed by atoms with Crippen LogP contribution in [0.5, 0.6) is 0 Å². The number of likely N-dealkylation sites (tertiary alicyclic amines) is 1. The molecule has 0 saturated carbocycles. The van der Waals surface area contributed by atoms with Gasteiger partial charge in [0.15, 0.2) is 0 Å². The van der Waals surface area contributed by atoms with Gasteiger partial charge in [-0.2, -0.15) is 0 Å². The summed E-state index contributed by atoms with van der Waals surface area (Å²) >= 11 is 0. The maximum Gasteiger partial charge on any atom is 0.323 e. The highest BCUT2D eigenvalue weighted by atomic mass is 16.4. The molecule has 0 atom stereocenters. The van der Waals surface area contributed by atoms with Crippen LogP contribution in [0.3, 0.4) is 0 Å². The van der Waals surface area contributed by atoms with Gasteiger partial charge < -0.3 is 20.6 Å². The maximum atomic E-state index is 12.5. The van der Waals surface area contributed by atoms with E-state index in [4.69, 9.17) is 10.8 Å². The van der Waals surface area contributed by atoms with Crippen molar-refractivity contribution in [2.75, 3.05) is 19.6 Å². The molecule has 0 unspecified atom stereocenters. The van der Waals surface area contributed by atoms with Crippen LogP contribution < -0.4 is 5.73 Å². The number of nitrogens with two attached hydrogens (primary N) is 1. The first kappa shape index (κ1) is 17.3. The van der Waals surface area contributed by atoms with Crippen molar-refractivity contribution in [3.8, 4) is 0 Å². The summed E-state index contributed by atoms with van der Waals surface area (Å²) in [7, 11) is 0. The van der Waals surface area contributed by atoms with Crippen LogP contribution in [-0.2, 0) is 9.59 Å². The monoisotopic (exact) mass is 299 g/mol. The molecule has 120 valence electrons. The number of primary amides is 1. The van der Waals surface area contributed by atoms with E-state index in [0.29, 0.717) is 19.5 Å². The third-order valence-corrected chi connectivity index (χ3v) is 3.71. The lowest BCUT2D eigenvalue weighted by molar-refractivity contribution is -0.139. The molecule has 3 N–H and O–H groups in total. The average molecular weight is 299 g/mol. The molecule has 1 rings (SSSR count). The van der Waals surface area contributed by atoms with E-state index in [1.807, 2.05) is 20.8 Å². The molecule has 3 amide bonds. The van der Waals surface area contributed by atoms with Crippen molar-refractivity contribution in [3.05, 3.63) is 0 Å². The molecule has 1 fully saturated rings. The van der Waals surface area contributed by atoms with Crippen molar-refractivity contribution in [2.45, 2.75) is 45.6 Å². The van der Waals surface area contributed by atoms with E-state index in [9.17, 15) is 14.4 Å². The van der Waals surface area contributed by atoms with Crippen molar-refractivity contribution in [1.29, 1.82) is 0 Å². The lowest BCUT2D eigenvalue weighted by Gasteiger charge is -2.40. The van der Waals surface area contributed by atoms with E-state index in [0.717, 1.165) is 12.8 Å². The van der Waals surface area contributed by atoms with Crippen molar-refractivity contribution in [2.24, 2.45) is 11.7 Å². The second kappa shape index (κ2) is 6.78. The molecule has 7 nitrogen and oxygen atoms in total. The first-order valence-corrected chi connectivity index (χ1v) is 7.18. The standard InChI is InChI=1S/C14H25N3O4/c1-14(2,3)17(9-12(19)20)13(21)16-6-4-10(5-7-16)8-11(15)18/h10H,4-9H2,1-3H3,(H2,15,18)(H,19,20). The van der Waals surface area contributed by atoms with Gasteiger partial charge in [-0.25, -0.2) is 4.79 Å². The van der Waals surface area contributed by atoms with Gasteiger partial charge in [0.25, 0.3) is 0 Å². The second-order valence-electron chi connectivity index (χ2n) is 6.53. The fourth-order valence-electron chi connectivity index (χ4n) is 2.51. The van der Waals surface area contributed by atoms with Crippen molar-refractivity contribution in [3.63, 3.8) is 0 Å². The number of urea groups is 1. The number of rotatable bonds is 4. The summed E-state index contributed by atoms with van der Waals surface area (Å²) in [6.45, 7) is 6.19. The van der Waals surface area contributed by atoms with Gasteiger partial charge in [0.05, 0.1) is 0 Å². The van der Waals surface area contributed by atoms with Crippen LogP contribution in [0, 0.1) is 5.92 Å². The molecular formula is C14H25N3O4. The molecule has 21 heavy (non-hydrogen) atoms. The Labute approximate surface area is 125 Å². The van der Waals surface area contributed by atoms with Gasteiger partial charge in [0, 0.05) is 25.0 Å². The first-order chi connectivity index (χ1) is 9.61. The Morgan fingerprint density at radius 2 is 1.76 bits per heavy atom. The Hall–Kier alpha value is -1.79. The van der Waals surface area contributed by atoms with Crippen LogP contribution in [0.15, 0.2) is 0 Å². The highest BCUT2D eigenvalue weighted by Crippen LogP contribution is 2.23. The molecule has 0 aromatic carbocycles. The molecular weight excluding hydrogens is 274 g/mol. The molecule has 1 aliphatic heterocycles. The number of amides is 3. The van der Waals surface area contributed by atoms with E-state index in [1.54, 1.807) is 4.90 Å². The van der Waals surface area contributed by atoms with Crippen LogP contribution in [0.2, 0.25) is 0 Å². The summed E-state index contributed by atoms with van der Waals surface area (Å²) in [6, 6.07) is -0.262. The molecule has 0 spiro atoms. The molecule has 0 radical (unpaired) electrons. The molecule has 1 aliphatic rings. The Morgan fingerprint density at radius 1 is 1.24 bits per heavy atom. The third-order valence-electron chi connectivity index (χ3n) is 3.71. The third kappa shape index (κ3) is 5.24. The Balaban J connectivity index is 2.65. The zero-order valence-electron chi connectivity index (χ0n) is 13.0. The van der Waals surface area contributed by atoms with Crippen molar-refractivity contribution >= 4 is 17.9 Å². The van der Waals surface area contributed by atoms with Gasteiger partial charge in [0.1, 0.15) is 6.54 Å². The molecule has 0 bridgehead atoms. The number of piperidine rings is 1. The Morgan fingerprint density at radius 3 is 2.14 bits per heavy atom. The normalized spacial score (nSPS) is 16.6. The van der Waals surface area contributed by atoms with E-state index in [2.05, 4.69) is 0 Å². The van der Waals surface area contributed by atoms with E-state index in [1.165, 1.54) is 4.90 Å². The SMILES string of the molecule is CC(C)(C)N(CC(=O)O)C(=O)N1CCC(CC(N)=O)CC1. The number of carbonyl (C=O) groups is 3. The van der Waals surface area contributed by atoms with Gasteiger partial charge in [-0.3, -0.25) is 9.59 Å². The minimum atomic E-state index is -1.03. The van der Waals surface area contributed by atoms with Gasteiger partial charge in [-0.05, 0) is 39.5 Å². The average Bonchev–Trinajstić information content (AvgIpc) is 2.34. The molecule has 0 aromatic rings. The summed E-state index contributed by atoms with van der Waals surface area (Å²) in [6.07, 6.45) is 1.79. The number of carbonyl (C=O) groups excluding carboxylic acids is 2. The number of aliphatic carboxylic acids is 1. The number of carboxylic acids is 1. The summed E-state index contributed by atoms with van der Waals surface area (Å²) in [5, 5.41) is 8.97. The maximum absolute atomic E-state index is 12.5. The van der Waals surface area contributed by atoms with Crippen LogP contribution in [0.4, 0.5) is 4.79 Å². The number of nitrogens with zero attached hydrogens (tertiary/aromatic N) is 2. The Kier molecular flexibility index (Phi) is 5.57. The predicted octanol–water partition coefficient (Wildman–Crippen LogP) is 0.879. The predicted molar refractivity (Wildman–Crippen MR) is 77.6 cm³/mol. The van der Waals surface area contributed by atoms with Crippen LogP contribution in [-0.4, -0.2) is 58.0 Å². The van der Waals surface area contributed by atoms with Gasteiger partial charge in [0.2, 0.25) is 5.91 Å². The van der Waals surface area contributed by atoms with Crippen molar-refractivity contribution in [1.82, 2.24) is 9.80 Å². The summed E-state index contributed by atoms with van der Waals surface area (Å²) in [5.41, 5.74) is 4.63. The molecule has 0 aliphatic carbocycles. The minimum absolute atomic E-state index is 0.217. The zero-order valence-corrected chi connectivity index (χ0v) is 13.0.